The zero-order chi connectivity index (χ0) is 12.1. The molecule has 96 valence electrons. The first-order valence-electron chi connectivity index (χ1n) is 5.85. The molecule has 0 aromatic carbocycles. The second kappa shape index (κ2) is 6.25. The monoisotopic (exact) mass is 257 g/mol. The van der Waals surface area contributed by atoms with Crippen LogP contribution in [0.3, 0.4) is 0 Å². The number of hydrogen-bond acceptors (Lipinski definition) is 7. The van der Waals surface area contributed by atoms with Crippen molar-refractivity contribution in [1.82, 2.24) is 20.4 Å². The Hall–Kier alpha value is -0.760. The number of hydrogen-bond donors (Lipinski definition) is 2. The van der Waals surface area contributed by atoms with Crippen LogP contribution in [0.15, 0.2) is 0 Å². The van der Waals surface area contributed by atoms with E-state index in [1.807, 2.05) is 0 Å². The molecule has 7 heteroatoms. The van der Waals surface area contributed by atoms with Crippen LogP contribution in [-0.4, -0.2) is 54.0 Å². The van der Waals surface area contributed by atoms with Crippen LogP contribution in [0, 0.1) is 0 Å². The SMILES string of the molecule is C[C@@H](CN1CCOCC1)NCc1nnc(N)s1. The Morgan fingerprint density at radius 3 is 2.88 bits per heavy atom. The molecular weight excluding hydrogens is 238 g/mol. The van der Waals surface area contributed by atoms with Gasteiger partial charge in [-0.1, -0.05) is 11.3 Å². The Morgan fingerprint density at radius 1 is 1.47 bits per heavy atom. The van der Waals surface area contributed by atoms with E-state index in [9.17, 15) is 0 Å². The highest BCUT2D eigenvalue weighted by Crippen LogP contribution is 2.10. The number of rotatable bonds is 5. The number of nitrogens with two attached hydrogens (primary N) is 1. The number of ether oxygens (including phenoxy) is 1. The molecule has 0 unspecified atom stereocenters. The molecule has 0 spiro atoms. The Labute approximate surface area is 105 Å². The molecule has 0 amide bonds. The van der Waals surface area contributed by atoms with E-state index in [-0.39, 0.29) is 0 Å². The Kier molecular flexibility index (Phi) is 4.66. The minimum Gasteiger partial charge on any atom is -0.379 e. The van der Waals surface area contributed by atoms with Gasteiger partial charge in [0.1, 0.15) is 5.01 Å². The van der Waals surface area contributed by atoms with Crippen molar-refractivity contribution >= 4 is 16.5 Å². The van der Waals surface area contributed by atoms with Crippen LogP contribution in [-0.2, 0) is 11.3 Å². The van der Waals surface area contributed by atoms with Gasteiger partial charge in [0, 0.05) is 25.7 Å². The van der Waals surface area contributed by atoms with Crippen molar-refractivity contribution in [1.29, 1.82) is 0 Å². The zero-order valence-electron chi connectivity index (χ0n) is 10.1. The lowest BCUT2D eigenvalue weighted by molar-refractivity contribution is 0.0343. The van der Waals surface area contributed by atoms with E-state index in [4.69, 9.17) is 10.5 Å². The first kappa shape index (κ1) is 12.7. The fraction of sp³-hybridized carbons (Fsp3) is 0.800. The third-order valence-corrected chi connectivity index (χ3v) is 3.47. The number of anilines is 1. The summed E-state index contributed by atoms with van der Waals surface area (Å²) in [5.41, 5.74) is 5.53. The molecule has 2 rings (SSSR count). The average Bonchev–Trinajstić information content (AvgIpc) is 2.74. The number of nitrogens with zero attached hydrogens (tertiary/aromatic N) is 3. The quantitative estimate of drug-likeness (QED) is 0.769. The van der Waals surface area contributed by atoms with Crippen LogP contribution in [0.5, 0.6) is 0 Å². The molecule has 1 aliphatic heterocycles. The number of aromatic nitrogens is 2. The van der Waals surface area contributed by atoms with Crippen LogP contribution >= 0.6 is 11.3 Å². The van der Waals surface area contributed by atoms with E-state index in [2.05, 4.69) is 27.3 Å². The average molecular weight is 257 g/mol. The third kappa shape index (κ3) is 4.19. The Balaban J connectivity index is 1.68. The molecule has 1 saturated heterocycles. The van der Waals surface area contributed by atoms with E-state index in [1.54, 1.807) is 0 Å². The first-order chi connectivity index (χ1) is 8.24. The van der Waals surface area contributed by atoms with Crippen LogP contribution in [0.4, 0.5) is 5.13 Å². The predicted molar refractivity (Wildman–Crippen MR) is 67.9 cm³/mol. The summed E-state index contributed by atoms with van der Waals surface area (Å²) in [6.07, 6.45) is 0. The van der Waals surface area contributed by atoms with E-state index >= 15 is 0 Å². The van der Waals surface area contributed by atoms with Gasteiger partial charge in [0.15, 0.2) is 0 Å². The molecular formula is C10H19N5OS. The van der Waals surface area contributed by atoms with Gasteiger partial charge in [0.05, 0.1) is 19.8 Å². The van der Waals surface area contributed by atoms with Crippen molar-refractivity contribution in [2.24, 2.45) is 0 Å². The molecule has 0 bridgehead atoms. The van der Waals surface area contributed by atoms with Crippen molar-refractivity contribution in [3.8, 4) is 0 Å². The van der Waals surface area contributed by atoms with Crippen molar-refractivity contribution in [2.45, 2.75) is 19.5 Å². The van der Waals surface area contributed by atoms with E-state index in [0.717, 1.165) is 44.4 Å². The molecule has 1 aromatic heterocycles. The molecule has 17 heavy (non-hydrogen) atoms. The lowest BCUT2D eigenvalue weighted by Crippen LogP contribution is -2.44. The number of nitrogen functional groups attached to an aromatic ring is 1. The Morgan fingerprint density at radius 2 is 2.24 bits per heavy atom. The summed E-state index contributed by atoms with van der Waals surface area (Å²) >= 11 is 1.44. The minimum atomic E-state index is 0.429. The lowest BCUT2D eigenvalue weighted by atomic mass is 10.3. The largest absolute Gasteiger partial charge is 0.379 e. The zero-order valence-corrected chi connectivity index (χ0v) is 10.9. The predicted octanol–water partition coefficient (Wildman–Crippen LogP) is -0.0694. The summed E-state index contributed by atoms with van der Waals surface area (Å²) in [5, 5.41) is 12.7. The number of nitrogens with one attached hydrogen (secondary N) is 1. The van der Waals surface area contributed by atoms with Crippen molar-refractivity contribution in [3.05, 3.63) is 5.01 Å². The highest BCUT2D eigenvalue weighted by molar-refractivity contribution is 7.15. The lowest BCUT2D eigenvalue weighted by Gasteiger charge is -2.29. The normalized spacial score (nSPS) is 19.4. The van der Waals surface area contributed by atoms with Crippen molar-refractivity contribution in [3.63, 3.8) is 0 Å². The maximum absolute atomic E-state index is 5.53. The standard InChI is InChI=1S/C10H19N5OS/c1-8(7-15-2-4-16-5-3-15)12-6-9-13-14-10(11)17-9/h8,12H,2-7H2,1H3,(H2,11,14)/t8-/m0/s1. The number of morpholine rings is 1. The Bertz CT molecular complexity index is 339. The molecule has 0 radical (unpaired) electrons. The molecule has 1 fully saturated rings. The van der Waals surface area contributed by atoms with Gasteiger partial charge < -0.3 is 15.8 Å². The summed E-state index contributed by atoms with van der Waals surface area (Å²) < 4.78 is 5.32. The highest BCUT2D eigenvalue weighted by Gasteiger charge is 2.13. The van der Waals surface area contributed by atoms with Gasteiger partial charge in [-0.2, -0.15) is 0 Å². The van der Waals surface area contributed by atoms with E-state index in [1.165, 1.54) is 11.3 Å². The first-order valence-corrected chi connectivity index (χ1v) is 6.67. The van der Waals surface area contributed by atoms with Gasteiger partial charge in [-0.3, -0.25) is 4.90 Å². The summed E-state index contributed by atoms with van der Waals surface area (Å²) in [4.78, 5) is 2.41. The van der Waals surface area contributed by atoms with Crippen LogP contribution in [0.2, 0.25) is 0 Å². The van der Waals surface area contributed by atoms with Crippen LogP contribution in [0.1, 0.15) is 11.9 Å². The van der Waals surface area contributed by atoms with Gasteiger partial charge in [0.2, 0.25) is 5.13 Å². The molecule has 1 atom stereocenters. The van der Waals surface area contributed by atoms with E-state index in [0.29, 0.717) is 11.2 Å². The fourth-order valence-electron chi connectivity index (χ4n) is 1.84. The topological polar surface area (TPSA) is 76.3 Å². The summed E-state index contributed by atoms with van der Waals surface area (Å²) in [6, 6.07) is 0.429. The minimum absolute atomic E-state index is 0.429. The molecule has 6 nitrogen and oxygen atoms in total. The van der Waals surface area contributed by atoms with Crippen LogP contribution in [0.25, 0.3) is 0 Å². The van der Waals surface area contributed by atoms with Gasteiger partial charge >= 0.3 is 0 Å². The molecule has 1 aromatic rings. The van der Waals surface area contributed by atoms with Crippen molar-refractivity contribution in [2.75, 3.05) is 38.6 Å². The van der Waals surface area contributed by atoms with Gasteiger partial charge in [0.25, 0.3) is 0 Å². The smallest absolute Gasteiger partial charge is 0.203 e. The van der Waals surface area contributed by atoms with E-state index < -0.39 is 0 Å². The molecule has 2 heterocycles. The van der Waals surface area contributed by atoms with Gasteiger partial charge in [-0.05, 0) is 6.92 Å². The van der Waals surface area contributed by atoms with Gasteiger partial charge in [-0.25, -0.2) is 0 Å². The summed E-state index contributed by atoms with van der Waals surface area (Å²) in [6.45, 7) is 7.70. The maximum atomic E-state index is 5.53. The van der Waals surface area contributed by atoms with Crippen LogP contribution < -0.4 is 11.1 Å². The van der Waals surface area contributed by atoms with Crippen molar-refractivity contribution < 1.29 is 4.74 Å². The molecule has 0 saturated carbocycles. The molecule has 3 N–H and O–H groups in total. The van der Waals surface area contributed by atoms with Gasteiger partial charge in [-0.15, -0.1) is 10.2 Å². The second-order valence-corrected chi connectivity index (χ2v) is 5.32. The summed E-state index contributed by atoms with van der Waals surface area (Å²) in [7, 11) is 0. The third-order valence-electron chi connectivity index (χ3n) is 2.72. The maximum Gasteiger partial charge on any atom is 0.203 e. The second-order valence-electron chi connectivity index (χ2n) is 4.23. The molecule has 1 aliphatic rings. The highest BCUT2D eigenvalue weighted by atomic mass is 32.1. The summed E-state index contributed by atoms with van der Waals surface area (Å²) in [5.74, 6) is 0. The molecule has 0 aliphatic carbocycles. The fourth-order valence-corrected chi connectivity index (χ4v) is 2.40.